The molecule has 2 N–H and O–H groups in total. The van der Waals surface area contributed by atoms with Gasteiger partial charge in [-0.1, -0.05) is 24.6 Å². The van der Waals surface area contributed by atoms with Crippen molar-refractivity contribution in [1.29, 1.82) is 0 Å². The molecule has 6 nitrogen and oxygen atoms in total. The van der Waals surface area contributed by atoms with E-state index in [2.05, 4.69) is 34.2 Å². The zero-order valence-corrected chi connectivity index (χ0v) is 16.0. The summed E-state index contributed by atoms with van der Waals surface area (Å²) in [6.45, 7) is 7.23. The lowest BCUT2D eigenvalue weighted by atomic mass is 10.00. The van der Waals surface area contributed by atoms with Crippen molar-refractivity contribution in [3.05, 3.63) is 36.0 Å². The van der Waals surface area contributed by atoms with Crippen molar-refractivity contribution >= 4 is 16.8 Å². The number of hydrogen-bond donors (Lipinski definition) is 1. The van der Waals surface area contributed by atoms with E-state index in [1.807, 2.05) is 10.6 Å². The van der Waals surface area contributed by atoms with E-state index in [-0.39, 0.29) is 12.5 Å². The number of fused-ring (bicyclic) bond motifs is 1. The smallest absolute Gasteiger partial charge is 0.237 e. The molecule has 0 radical (unpaired) electrons. The Labute approximate surface area is 160 Å². The van der Waals surface area contributed by atoms with Gasteiger partial charge in [0.25, 0.3) is 0 Å². The van der Waals surface area contributed by atoms with E-state index in [9.17, 15) is 4.79 Å². The molecule has 2 aromatic rings. The maximum Gasteiger partial charge on any atom is 0.237 e. The van der Waals surface area contributed by atoms with Crippen LogP contribution in [0.5, 0.6) is 0 Å². The number of rotatable bonds is 6. The molecule has 27 heavy (non-hydrogen) atoms. The van der Waals surface area contributed by atoms with Crippen molar-refractivity contribution < 1.29 is 9.53 Å². The molecule has 3 heterocycles. The lowest BCUT2D eigenvalue weighted by Crippen LogP contribution is -2.49. The maximum absolute atomic E-state index is 11.5. The van der Waals surface area contributed by atoms with Crippen molar-refractivity contribution in [3.63, 3.8) is 0 Å². The quantitative estimate of drug-likeness (QED) is 0.842. The SMILES string of the molecule is NC(=O)Cn1cc(CN2CCCC[C@@H]2CN2CCOCC2)c2ccccc21. The van der Waals surface area contributed by atoms with E-state index in [0.717, 1.165) is 51.5 Å². The van der Waals surface area contributed by atoms with Crippen molar-refractivity contribution in [2.24, 2.45) is 5.73 Å². The summed E-state index contributed by atoms with van der Waals surface area (Å²) in [7, 11) is 0. The highest BCUT2D eigenvalue weighted by atomic mass is 16.5. The molecule has 6 heteroatoms. The molecular weight excluding hydrogens is 340 g/mol. The zero-order valence-electron chi connectivity index (χ0n) is 16.0. The van der Waals surface area contributed by atoms with E-state index >= 15 is 0 Å². The molecule has 1 aromatic carbocycles. The molecule has 2 aliphatic heterocycles. The molecule has 0 aliphatic carbocycles. The first-order chi connectivity index (χ1) is 13.2. The Morgan fingerprint density at radius 2 is 1.96 bits per heavy atom. The largest absolute Gasteiger partial charge is 0.379 e. The van der Waals surface area contributed by atoms with Gasteiger partial charge >= 0.3 is 0 Å². The van der Waals surface area contributed by atoms with Gasteiger partial charge in [-0.15, -0.1) is 0 Å². The number of hydrogen-bond acceptors (Lipinski definition) is 4. The third-order valence-electron chi connectivity index (χ3n) is 5.89. The molecule has 0 unspecified atom stereocenters. The summed E-state index contributed by atoms with van der Waals surface area (Å²) in [6, 6.07) is 8.91. The van der Waals surface area contributed by atoms with Crippen LogP contribution < -0.4 is 5.73 Å². The Kier molecular flexibility index (Phi) is 5.76. The number of primary amides is 1. The van der Waals surface area contributed by atoms with Crippen LogP contribution in [0.15, 0.2) is 30.5 Å². The Balaban J connectivity index is 1.53. The van der Waals surface area contributed by atoms with Crippen LogP contribution >= 0.6 is 0 Å². The van der Waals surface area contributed by atoms with Gasteiger partial charge in [0.1, 0.15) is 6.54 Å². The first kappa shape index (κ1) is 18.5. The summed E-state index contributed by atoms with van der Waals surface area (Å²) < 4.78 is 7.49. The molecule has 2 aliphatic rings. The molecule has 0 spiro atoms. The maximum atomic E-state index is 11.5. The fraction of sp³-hybridized carbons (Fsp3) is 0.571. The van der Waals surface area contributed by atoms with Crippen LogP contribution in [-0.4, -0.2) is 65.7 Å². The number of amides is 1. The molecule has 0 bridgehead atoms. The minimum absolute atomic E-state index is 0.234. The summed E-state index contributed by atoms with van der Waals surface area (Å²) in [4.78, 5) is 16.6. The molecule has 2 saturated heterocycles. The average Bonchev–Trinajstić information content (AvgIpc) is 3.01. The fourth-order valence-corrected chi connectivity index (χ4v) is 4.52. The van der Waals surface area contributed by atoms with Crippen LogP contribution in [0.2, 0.25) is 0 Å². The second kappa shape index (κ2) is 8.42. The number of nitrogens with two attached hydrogens (primary N) is 1. The van der Waals surface area contributed by atoms with Crippen molar-refractivity contribution in [3.8, 4) is 0 Å². The number of carbonyl (C=O) groups excluding carboxylic acids is 1. The third kappa shape index (κ3) is 4.34. The molecule has 4 rings (SSSR count). The number of carbonyl (C=O) groups is 1. The number of morpholine rings is 1. The molecule has 1 aromatic heterocycles. The zero-order chi connectivity index (χ0) is 18.6. The third-order valence-corrected chi connectivity index (χ3v) is 5.89. The predicted molar refractivity (Wildman–Crippen MR) is 106 cm³/mol. The van der Waals surface area contributed by atoms with Gasteiger partial charge in [0, 0.05) is 49.3 Å². The van der Waals surface area contributed by atoms with Crippen LogP contribution in [0.3, 0.4) is 0 Å². The predicted octanol–water partition coefficient (Wildman–Crippen LogP) is 1.81. The summed E-state index contributed by atoms with van der Waals surface area (Å²) in [6.07, 6.45) is 5.96. The second-order valence-electron chi connectivity index (χ2n) is 7.80. The number of nitrogens with zero attached hydrogens (tertiary/aromatic N) is 3. The fourth-order valence-electron chi connectivity index (χ4n) is 4.52. The van der Waals surface area contributed by atoms with Crippen LogP contribution in [0.25, 0.3) is 10.9 Å². The van der Waals surface area contributed by atoms with Gasteiger partial charge in [-0.05, 0) is 31.0 Å². The van der Waals surface area contributed by atoms with E-state index < -0.39 is 0 Å². The lowest BCUT2D eigenvalue weighted by molar-refractivity contribution is -0.118. The Morgan fingerprint density at radius 3 is 2.78 bits per heavy atom. The monoisotopic (exact) mass is 370 g/mol. The number of piperidine rings is 1. The van der Waals surface area contributed by atoms with E-state index in [4.69, 9.17) is 10.5 Å². The van der Waals surface area contributed by atoms with E-state index in [1.54, 1.807) is 0 Å². The molecule has 2 fully saturated rings. The topological polar surface area (TPSA) is 63.7 Å². The second-order valence-corrected chi connectivity index (χ2v) is 7.80. The average molecular weight is 370 g/mol. The molecule has 146 valence electrons. The number of likely N-dealkylation sites (tertiary alicyclic amines) is 1. The van der Waals surface area contributed by atoms with E-state index in [1.165, 1.54) is 30.2 Å². The number of benzene rings is 1. The summed E-state index contributed by atoms with van der Waals surface area (Å²) in [5, 5.41) is 1.23. The highest BCUT2D eigenvalue weighted by molar-refractivity contribution is 5.85. The van der Waals surface area contributed by atoms with Crippen LogP contribution in [0.1, 0.15) is 24.8 Å². The van der Waals surface area contributed by atoms with Gasteiger partial charge in [-0.3, -0.25) is 14.6 Å². The Bertz CT molecular complexity index is 782. The van der Waals surface area contributed by atoms with Gasteiger partial charge in [-0.25, -0.2) is 0 Å². The standard InChI is InChI=1S/C21H30N4O2/c22-21(26)16-25-14-17(19-6-1-2-7-20(19)25)13-24-8-4-3-5-18(24)15-23-9-11-27-12-10-23/h1-2,6-7,14,18H,3-5,8-13,15-16H2,(H2,22,26)/t18-/m1/s1. The van der Waals surface area contributed by atoms with Gasteiger partial charge in [0.15, 0.2) is 0 Å². The summed E-state index contributed by atoms with van der Waals surface area (Å²) >= 11 is 0. The first-order valence-electron chi connectivity index (χ1n) is 10.1. The van der Waals surface area contributed by atoms with Crippen LogP contribution in [0, 0.1) is 0 Å². The number of aromatic nitrogens is 1. The van der Waals surface area contributed by atoms with E-state index in [0.29, 0.717) is 6.04 Å². The summed E-state index contributed by atoms with van der Waals surface area (Å²) in [5.41, 5.74) is 7.83. The number of para-hydroxylation sites is 1. The molecule has 1 atom stereocenters. The molecular formula is C21H30N4O2. The van der Waals surface area contributed by atoms with Gasteiger partial charge in [0.2, 0.25) is 5.91 Å². The van der Waals surface area contributed by atoms with Crippen molar-refractivity contribution in [2.45, 2.75) is 38.4 Å². The highest BCUT2D eigenvalue weighted by Crippen LogP contribution is 2.26. The van der Waals surface area contributed by atoms with Crippen molar-refractivity contribution in [1.82, 2.24) is 14.4 Å². The minimum atomic E-state index is -0.300. The van der Waals surface area contributed by atoms with Crippen LogP contribution in [0.4, 0.5) is 0 Å². The normalized spacial score (nSPS) is 22.3. The Morgan fingerprint density at radius 1 is 1.15 bits per heavy atom. The number of ether oxygens (including phenoxy) is 1. The highest BCUT2D eigenvalue weighted by Gasteiger charge is 2.26. The van der Waals surface area contributed by atoms with Gasteiger partial charge in [0.05, 0.1) is 13.2 Å². The van der Waals surface area contributed by atoms with Crippen LogP contribution in [-0.2, 0) is 22.6 Å². The van der Waals surface area contributed by atoms with Crippen molar-refractivity contribution in [2.75, 3.05) is 39.4 Å². The summed E-state index contributed by atoms with van der Waals surface area (Å²) in [5.74, 6) is -0.300. The first-order valence-corrected chi connectivity index (χ1v) is 10.1. The lowest BCUT2D eigenvalue weighted by Gasteiger charge is -2.39. The van der Waals surface area contributed by atoms with Gasteiger partial charge in [-0.2, -0.15) is 0 Å². The van der Waals surface area contributed by atoms with Gasteiger partial charge < -0.3 is 15.0 Å². The molecule has 0 saturated carbocycles. The Hall–Kier alpha value is -1.89. The minimum Gasteiger partial charge on any atom is -0.379 e. The molecule has 1 amide bonds.